The topological polar surface area (TPSA) is 88.3 Å². The zero-order valence-electron chi connectivity index (χ0n) is 10.6. The van der Waals surface area contributed by atoms with Crippen molar-refractivity contribution in [1.82, 2.24) is 15.2 Å². The lowest BCUT2D eigenvalue weighted by molar-refractivity contribution is -0.127. The Morgan fingerprint density at radius 2 is 2.42 bits per heavy atom. The molecule has 0 saturated carbocycles. The average Bonchev–Trinajstić information content (AvgIpc) is 2.86. The third-order valence-corrected chi connectivity index (χ3v) is 3.79. The third-order valence-electron chi connectivity index (χ3n) is 2.92. The van der Waals surface area contributed by atoms with Crippen molar-refractivity contribution >= 4 is 35.6 Å². The highest BCUT2D eigenvalue weighted by Crippen LogP contribution is 2.16. The lowest BCUT2D eigenvalue weighted by atomic mass is 10.1. The van der Waals surface area contributed by atoms with Crippen LogP contribution < -0.4 is 11.1 Å². The fourth-order valence-electron chi connectivity index (χ4n) is 2.01. The standard InChI is InChI=1S/C11H16N4O2S.ClH/c1-2-8-10(16)13-3-4-15(8)11(17)7-6-18-9(5-12)14-7;/h6,8H,2-5,12H2,1H3,(H,13,16);1H. The molecule has 1 fully saturated rings. The SMILES string of the molecule is CCC1C(=O)NCCN1C(=O)c1csc(CN)n1.Cl. The molecule has 106 valence electrons. The molecule has 2 heterocycles. The highest BCUT2D eigenvalue weighted by atomic mass is 35.5. The van der Waals surface area contributed by atoms with Crippen LogP contribution in [0.15, 0.2) is 5.38 Å². The van der Waals surface area contributed by atoms with Gasteiger partial charge in [0.2, 0.25) is 5.91 Å². The monoisotopic (exact) mass is 304 g/mol. The van der Waals surface area contributed by atoms with Gasteiger partial charge in [-0.1, -0.05) is 6.92 Å². The first kappa shape index (κ1) is 15.9. The summed E-state index contributed by atoms with van der Waals surface area (Å²) in [6, 6.07) is -0.394. The second-order valence-corrected chi connectivity index (χ2v) is 4.99. The van der Waals surface area contributed by atoms with Crippen molar-refractivity contribution in [2.45, 2.75) is 25.9 Å². The van der Waals surface area contributed by atoms with E-state index in [-0.39, 0.29) is 24.2 Å². The van der Waals surface area contributed by atoms with E-state index in [4.69, 9.17) is 5.73 Å². The summed E-state index contributed by atoms with van der Waals surface area (Å²) in [7, 11) is 0. The second-order valence-electron chi connectivity index (χ2n) is 4.04. The number of carbonyl (C=O) groups excluding carboxylic acids is 2. The molecule has 0 spiro atoms. The van der Waals surface area contributed by atoms with Crippen LogP contribution in [0.3, 0.4) is 0 Å². The first-order valence-electron chi connectivity index (χ1n) is 5.90. The van der Waals surface area contributed by atoms with E-state index in [0.29, 0.717) is 31.7 Å². The van der Waals surface area contributed by atoms with Gasteiger partial charge < -0.3 is 16.0 Å². The van der Waals surface area contributed by atoms with Crippen molar-refractivity contribution in [3.05, 3.63) is 16.1 Å². The number of nitrogens with one attached hydrogen (secondary N) is 1. The predicted octanol–water partition coefficient (Wildman–Crippen LogP) is 0.374. The number of thiazole rings is 1. The number of halogens is 1. The molecule has 1 aromatic heterocycles. The van der Waals surface area contributed by atoms with Gasteiger partial charge in [0, 0.05) is 25.0 Å². The van der Waals surface area contributed by atoms with Gasteiger partial charge in [-0.15, -0.1) is 23.7 Å². The number of aromatic nitrogens is 1. The fraction of sp³-hybridized carbons (Fsp3) is 0.545. The fourth-order valence-corrected chi connectivity index (χ4v) is 2.66. The zero-order valence-corrected chi connectivity index (χ0v) is 12.2. The molecule has 1 aliphatic heterocycles. The molecule has 1 saturated heterocycles. The van der Waals surface area contributed by atoms with Crippen LogP contribution in [0.25, 0.3) is 0 Å². The Hall–Kier alpha value is -1.18. The highest BCUT2D eigenvalue weighted by molar-refractivity contribution is 7.09. The first-order chi connectivity index (χ1) is 8.67. The summed E-state index contributed by atoms with van der Waals surface area (Å²) in [6.45, 7) is 3.24. The maximum atomic E-state index is 12.3. The summed E-state index contributed by atoms with van der Waals surface area (Å²) < 4.78 is 0. The summed E-state index contributed by atoms with van der Waals surface area (Å²) in [6.07, 6.45) is 0.603. The summed E-state index contributed by atoms with van der Waals surface area (Å²) in [5, 5.41) is 5.19. The van der Waals surface area contributed by atoms with E-state index in [2.05, 4.69) is 10.3 Å². The molecule has 19 heavy (non-hydrogen) atoms. The van der Waals surface area contributed by atoms with Gasteiger partial charge in [0.1, 0.15) is 16.7 Å². The maximum Gasteiger partial charge on any atom is 0.274 e. The molecule has 0 aromatic carbocycles. The van der Waals surface area contributed by atoms with E-state index in [1.807, 2.05) is 6.92 Å². The van der Waals surface area contributed by atoms with E-state index in [0.717, 1.165) is 5.01 Å². The molecule has 1 unspecified atom stereocenters. The van der Waals surface area contributed by atoms with Gasteiger partial charge in [0.25, 0.3) is 5.91 Å². The summed E-state index contributed by atoms with van der Waals surface area (Å²) in [5.74, 6) is -0.279. The quantitative estimate of drug-likeness (QED) is 0.844. The minimum atomic E-state index is -0.394. The first-order valence-corrected chi connectivity index (χ1v) is 6.78. The van der Waals surface area contributed by atoms with Crippen LogP contribution >= 0.6 is 23.7 Å². The molecule has 1 atom stereocenters. The van der Waals surface area contributed by atoms with Crippen LogP contribution in [0, 0.1) is 0 Å². The molecule has 1 aromatic rings. The molecule has 0 radical (unpaired) electrons. The largest absolute Gasteiger partial charge is 0.353 e. The molecule has 6 nitrogen and oxygen atoms in total. The van der Waals surface area contributed by atoms with Crippen LogP contribution in [-0.4, -0.2) is 40.8 Å². The Morgan fingerprint density at radius 1 is 1.68 bits per heavy atom. The Bertz CT molecular complexity index is 465. The molecule has 1 aliphatic rings. The number of piperazine rings is 1. The van der Waals surface area contributed by atoms with Gasteiger partial charge in [0.15, 0.2) is 0 Å². The zero-order chi connectivity index (χ0) is 13.1. The Labute approximate surface area is 121 Å². The van der Waals surface area contributed by atoms with E-state index >= 15 is 0 Å². The molecule has 8 heteroatoms. The van der Waals surface area contributed by atoms with Gasteiger partial charge in [-0.25, -0.2) is 4.98 Å². The van der Waals surface area contributed by atoms with Crippen LogP contribution in [-0.2, 0) is 11.3 Å². The van der Waals surface area contributed by atoms with E-state index in [9.17, 15) is 9.59 Å². The molecule has 2 amide bonds. The lowest BCUT2D eigenvalue weighted by Gasteiger charge is -2.34. The van der Waals surface area contributed by atoms with Crippen molar-refractivity contribution in [1.29, 1.82) is 0 Å². The predicted molar refractivity (Wildman–Crippen MR) is 75.4 cm³/mol. The molecule has 0 aliphatic carbocycles. The van der Waals surface area contributed by atoms with Crippen LogP contribution in [0.1, 0.15) is 28.8 Å². The lowest BCUT2D eigenvalue weighted by Crippen LogP contribution is -2.56. The summed E-state index contributed by atoms with van der Waals surface area (Å²) in [4.78, 5) is 29.7. The molecular weight excluding hydrogens is 288 g/mol. The number of hydrogen-bond acceptors (Lipinski definition) is 5. The summed E-state index contributed by atoms with van der Waals surface area (Å²) in [5.41, 5.74) is 5.86. The minimum absolute atomic E-state index is 0. The van der Waals surface area contributed by atoms with Crippen molar-refractivity contribution in [3.63, 3.8) is 0 Å². The number of nitrogens with zero attached hydrogens (tertiary/aromatic N) is 2. The van der Waals surface area contributed by atoms with E-state index in [1.54, 1.807) is 10.3 Å². The average molecular weight is 305 g/mol. The van der Waals surface area contributed by atoms with E-state index < -0.39 is 6.04 Å². The van der Waals surface area contributed by atoms with Gasteiger partial charge in [0.05, 0.1) is 0 Å². The Morgan fingerprint density at radius 3 is 3.00 bits per heavy atom. The highest BCUT2D eigenvalue weighted by Gasteiger charge is 2.32. The molecule has 3 N–H and O–H groups in total. The van der Waals surface area contributed by atoms with Crippen molar-refractivity contribution < 1.29 is 9.59 Å². The van der Waals surface area contributed by atoms with Crippen molar-refractivity contribution in [2.75, 3.05) is 13.1 Å². The minimum Gasteiger partial charge on any atom is -0.353 e. The van der Waals surface area contributed by atoms with Crippen molar-refractivity contribution in [3.8, 4) is 0 Å². The van der Waals surface area contributed by atoms with Crippen LogP contribution in [0.2, 0.25) is 0 Å². The number of carbonyl (C=O) groups is 2. The Kier molecular flexibility index (Phi) is 5.71. The normalized spacial score (nSPS) is 18.7. The molecule has 2 rings (SSSR count). The maximum absolute atomic E-state index is 12.3. The number of rotatable bonds is 3. The van der Waals surface area contributed by atoms with E-state index in [1.165, 1.54) is 11.3 Å². The Balaban J connectivity index is 0.00000180. The van der Waals surface area contributed by atoms with Gasteiger partial charge in [-0.3, -0.25) is 9.59 Å². The van der Waals surface area contributed by atoms with Crippen molar-refractivity contribution in [2.24, 2.45) is 5.73 Å². The summed E-state index contributed by atoms with van der Waals surface area (Å²) >= 11 is 1.37. The molecule has 0 bridgehead atoms. The van der Waals surface area contributed by atoms with Gasteiger partial charge >= 0.3 is 0 Å². The third kappa shape index (κ3) is 3.23. The second kappa shape index (κ2) is 6.83. The van der Waals surface area contributed by atoms with Gasteiger partial charge in [-0.2, -0.15) is 0 Å². The van der Waals surface area contributed by atoms with Crippen LogP contribution in [0.4, 0.5) is 0 Å². The molecular formula is C11H17ClN4O2S. The number of amides is 2. The smallest absolute Gasteiger partial charge is 0.274 e. The number of hydrogen-bond donors (Lipinski definition) is 2. The van der Waals surface area contributed by atoms with Crippen LogP contribution in [0.5, 0.6) is 0 Å². The van der Waals surface area contributed by atoms with Gasteiger partial charge in [-0.05, 0) is 6.42 Å². The number of nitrogens with two attached hydrogens (primary N) is 1.